The van der Waals surface area contributed by atoms with Crippen molar-refractivity contribution in [1.82, 2.24) is 10.2 Å². The van der Waals surface area contributed by atoms with Gasteiger partial charge in [0, 0.05) is 0 Å². The maximum atomic E-state index is 12.2. The molecule has 0 aromatic heterocycles. The Morgan fingerprint density at radius 1 is 1.30 bits per heavy atom. The van der Waals surface area contributed by atoms with Gasteiger partial charge in [-0.1, -0.05) is 37.3 Å². The summed E-state index contributed by atoms with van der Waals surface area (Å²) in [6.07, 6.45) is 0.693. The summed E-state index contributed by atoms with van der Waals surface area (Å²) >= 11 is 0. The lowest BCUT2D eigenvalue weighted by atomic mass is 10.1. The Kier molecular flexibility index (Phi) is 4.34. The molecule has 1 unspecified atom stereocenters. The third-order valence-electron chi connectivity index (χ3n) is 2.91. The Bertz CT molecular complexity index is 515. The van der Waals surface area contributed by atoms with Crippen LogP contribution in [0.15, 0.2) is 30.3 Å². The standard InChI is InChI=1S/C14H16N2O4/c1-2-8-20-11(17)9-16-13(18)12(15-14(16)19)10-6-4-3-5-7-10/h3-7,12H,2,8-9H2,1H3,(H,15,19). The summed E-state index contributed by atoms with van der Waals surface area (Å²) in [6.45, 7) is 1.80. The molecule has 1 heterocycles. The number of nitrogens with one attached hydrogen (secondary N) is 1. The molecule has 106 valence electrons. The van der Waals surface area contributed by atoms with Crippen molar-refractivity contribution in [2.24, 2.45) is 0 Å². The van der Waals surface area contributed by atoms with E-state index < -0.39 is 23.9 Å². The molecular weight excluding hydrogens is 260 g/mol. The Hall–Kier alpha value is -2.37. The number of hydrogen-bond acceptors (Lipinski definition) is 4. The van der Waals surface area contributed by atoms with E-state index in [9.17, 15) is 14.4 Å². The van der Waals surface area contributed by atoms with Crippen molar-refractivity contribution in [2.75, 3.05) is 13.2 Å². The molecule has 0 aliphatic carbocycles. The fraction of sp³-hybridized carbons (Fsp3) is 0.357. The van der Waals surface area contributed by atoms with Gasteiger partial charge in [-0.2, -0.15) is 0 Å². The lowest BCUT2D eigenvalue weighted by Gasteiger charge is -2.12. The van der Waals surface area contributed by atoms with Crippen LogP contribution in [0.1, 0.15) is 24.9 Å². The number of rotatable bonds is 5. The number of imide groups is 1. The van der Waals surface area contributed by atoms with E-state index in [0.29, 0.717) is 12.0 Å². The molecule has 1 aliphatic rings. The summed E-state index contributed by atoms with van der Waals surface area (Å²) in [7, 11) is 0. The molecule has 6 nitrogen and oxygen atoms in total. The molecule has 1 atom stereocenters. The van der Waals surface area contributed by atoms with Crippen molar-refractivity contribution in [1.29, 1.82) is 0 Å². The van der Waals surface area contributed by atoms with E-state index in [-0.39, 0.29) is 13.2 Å². The first kappa shape index (κ1) is 14.0. The van der Waals surface area contributed by atoms with Gasteiger partial charge in [0.05, 0.1) is 6.61 Å². The van der Waals surface area contributed by atoms with Crippen molar-refractivity contribution in [3.05, 3.63) is 35.9 Å². The van der Waals surface area contributed by atoms with Crippen molar-refractivity contribution in [3.63, 3.8) is 0 Å². The summed E-state index contributed by atoms with van der Waals surface area (Å²) in [5.41, 5.74) is 0.690. The molecule has 0 spiro atoms. The number of carbonyl (C=O) groups is 3. The predicted octanol–water partition coefficient (Wildman–Crippen LogP) is 1.23. The van der Waals surface area contributed by atoms with Crippen LogP contribution in [0.2, 0.25) is 0 Å². The number of nitrogens with zero attached hydrogens (tertiary/aromatic N) is 1. The van der Waals surface area contributed by atoms with Crippen LogP contribution in [0.25, 0.3) is 0 Å². The summed E-state index contributed by atoms with van der Waals surface area (Å²) in [5.74, 6) is -1.02. The van der Waals surface area contributed by atoms with Crippen molar-refractivity contribution >= 4 is 17.9 Å². The Balaban J connectivity index is 2.04. The minimum Gasteiger partial charge on any atom is -0.464 e. The molecule has 0 radical (unpaired) electrons. The Labute approximate surface area is 116 Å². The number of urea groups is 1. The quantitative estimate of drug-likeness (QED) is 0.648. The van der Waals surface area contributed by atoms with E-state index in [0.717, 1.165) is 4.90 Å². The average molecular weight is 276 g/mol. The highest BCUT2D eigenvalue weighted by molar-refractivity contribution is 6.06. The van der Waals surface area contributed by atoms with E-state index in [4.69, 9.17) is 4.74 Å². The van der Waals surface area contributed by atoms with Crippen LogP contribution in [-0.4, -0.2) is 36.0 Å². The van der Waals surface area contributed by atoms with Gasteiger partial charge in [-0.15, -0.1) is 0 Å². The van der Waals surface area contributed by atoms with Crippen LogP contribution in [0, 0.1) is 0 Å². The molecule has 0 saturated carbocycles. The predicted molar refractivity (Wildman–Crippen MR) is 70.7 cm³/mol. The van der Waals surface area contributed by atoms with Crippen LogP contribution in [0.5, 0.6) is 0 Å². The third kappa shape index (κ3) is 2.96. The number of amides is 3. The molecule has 1 aromatic carbocycles. The lowest BCUT2D eigenvalue weighted by molar-refractivity contribution is -0.147. The van der Waals surface area contributed by atoms with Gasteiger partial charge >= 0.3 is 12.0 Å². The molecule has 1 aliphatic heterocycles. The van der Waals surface area contributed by atoms with Crippen LogP contribution >= 0.6 is 0 Å². The fourth-order valence-electron chi connectivity index (χ4n) is 1.93. The van der Waals surface area contributed by atoms with Crippen LogP contribution in [0.3, 0.4) is 0 Å². The molecule has 1 N–H and O–H groups in total. The van der Waals surface area contributed by atoms with Crippen molar-refractivity contribution in [3.8, 4) is 0 Å². The summed E-state index contributed by atoms with van der Waals surface area (Å²) in [5, 5.41) is 2.56. The molecule has 2 rings (SSSR count). The molecule has 20 heavy (non-hydrogen) atoms. The molecule has 6 heteroatoms. The van der Waals surface area contributed by atoms with E-state index >= 15 is 0 Å². The van der Waals surface area contributed by atoms with E-state index in [1.165, 1.54) is 0 Å². The van der Waals surface area contributed by atoms with Crippen LogP contribution in [0.4, 0.5) is 4.79 Å². The largest absolute Gasteiger partial charge is 0.464 e. The third-order valence-corrected chi connectivity index (χ3v) is 2.91. The molecule has 1 saturated heterocycles. The van der Waals surface area contributed by atoms with Crippen molar-refractivity contribution in [2.45, 2.75) is 19.4 Å². The van der Waals surface area contributed by atoms with Crippen molar-refractivity contribution < 1.29 is 19.1 Å². The fourth-order valence-corrected chi connectivity index (χ4v) is 1.93. The smallest absolute Gasteiger partial charge is 0.326 e. The van der Waals surface area contributed by atoms with Gasteiger partial charge in [0.15, 0.2) is 0 Å². The van der Waals surface area contributed by atoms with Gasteiger partial charge in [0.2, 0.25) is 0 Å². The maximum Gasteiger partial charge on any atom is 0.326 e. The van der Waals surface area contributed by atoms with Crippen LogP contribution in [-0.2, 0) is 14.3 Å². The van der Waals surface area contributed by atoms with Gasteiger partial charge in [-0.25, -0.2) is 4.79 Å². The number of ether oxygens (including phenoxy) is 1. The second-order valence-electron chi connectivity index (χ2n) is 4.44. The minimum atomic E-state index is -0.734. The maximum absolute atomic E-state index is 12.2. The molecule has 3 amide bonds. The van der Waals surface area contributed by atoms with E-state index in [2.05, 4.69) is 5.32 Å². The highest BCUT2D eigenvalue weighted by atomic mass is 16.5. The first-order chi connectivity index (χ1) is 9.63. The summed E-state index contributed by atoms with van der Waals surface area (Å²) < 4.78 is 4.88. The number of esters is 1. The first-order valence-corrected chi connectivity index (χ1v) is 6.46. The molecule has 1 fully saturated rings. The van der Waals surface area contributed by atoms with E-state index in [1.54, 1.807) is 24.3 Å². The topological polar surface area (TPSA) is 75.7 Å². The number of hydrogen-bond donors (Lipinski definition) is 1. The molecule has 0 bridgehead atoms. The molecular formula is C14H16N2O4. The Morgan fingerprint density at radius 2 is 2.00 bits per heavy atom. The molecule has 1 aromatic rings. The summed E-state index contributed by atoms with van der Waals surface area (Å²) in [4.78, 5) is 36.3. The highest BCUT2D eigenvalue weighted by Crippen LogP contribution is 2.21. The number of benzene rings is 1. The van der Waals surface area contributed by atoms with Gasteiger partial charge in [-0.05, 0) is 12.0 Å². The van der Waals surface area contributed by atoms with Gasteiger partial charge < -0.3 is 10.1 Å². The monoisotopic (exact) mass is 276 g/mol. The second kappa shape index (κ2) is 6.18. The zero-order valence-corrected chi connectivity index (χ0v) is 11.2. The summed E-state index contributed by atoms with van der Waals surface area (Å²) in [6, 6.07) is 7.59. The Morgan fingerprint density at radius 3 is 2.65 bits per heavy atom. The van der Waals surface area contributed by atoms with E-state index in [1.807, 2.05) is 13.0 Å². The van der Waals surface area contributed by atoms with Gasteiger partial charge in [-0.3, -0.25) is 14.5 Å². The second-order valence-corrected chi connectivity index (χ2v) is 4.44. The SMILES string of the molecule is CCCOC(=O)CN1C(=O)NC(c2ccccc2)C1=O. The average Bonchev–Trinajstić information content (AvgIpc) is 2.74. The van der Waals surface area contributed by atoms with Gasteiger partial charge in [0.1, 0.15) is 12.6 Å². The normalized spacial score (nSPS) is 18.1. The lowest BCUT2D eigenvalue weighted by Crippen LogP contribution is -2.36. The first-order valence-electron chi connectivity index (χ1n) is 6.46. The van der Waals surface area contributed by atoms with Crippen LogP contribution < -0.4 is 5.32 Å². The minimum absolute atomic E-state index is 0.282. The zero-order valence-electron chi connectivity index (χ0n) is 11.2. The zero-order chi connectivity index (χ0) is 14.5. The van der Waals surface area contributed by atoms with Gasteiger partial charge in [0.25, 0.3) is 5.91 Å². The number of carbonyl (C=O) groups excluding carboxylic acids is 3. The highest BCUT2D eigenvalue weighted by Gasteiger charge is 2.39.